The first-order valence-corrected chi connectivity index (χ1v) is 10.7. The molecule has 2 aromatic rings. The van der Waals surface area contributed by atoms with Crippen molar-refractivity contribution in [3.63, 3.8) is 0 Å². The van der Waals surface area contributed by atoms with Gasteiger partial charge in [-0.2, -0.15) is 0 Å². The first-order chi connectivity index (χ1) is 15.0. The number of carbonyl (C=O) groups excluding carboxylic acids is 2. The van der Waals surface area contributed by atoms with E-state index in [0.717, 1.165) is 31.6 Å². The average molecular weight is 423 g/mol. The number of Topliss-reactive ketones (excluding diaryl/α,β-unsaturated/α-hetero) is 1. The third-order valence-corrected chi connectivity index (χ3v) is 5.77. The van der Waals surface area contributed by atoms with Gasteiger partial charge in [0.2, 0.25) is 0 Å². The van der Waals surface area contributed by atoms with E-state index < -0.39 is 17.7 Å². The van der Waals surface area contributed by atoms with Gasteiger partial charge in [0.1, 0.15) is 11.5 Å². The van der Waals surface area contributed by atoms with Gasteiger partial charge in [0.25, 0.3) is 11.7 Å². The summed E-state index contributed by atoms with van der Waals surface area (Å²) in [6.07, 6.45) is 0.747. The molecule has 3 rings (SSSR count). The van der Waals surface area contributed by atoms with E-state index in [4.69, 9.17) is 4.74 Å². The zero-order chi connectivity index (χ0) is 22.4. The highest BCUT2D eigenvalue weighted by Crippen LogP contribution is 2.39. The fourth-order valence-corrected chi connectivity index (χ4v) is 4.02. The van der Waals surface area contributed by atoms with Crippen molar-refractivity contribution in [2.45, 2.75) is 26.3 Å². The highest BCUT2D eigenvalue weighted by Gasteiger charge is 2.45. The molecule has 1 N–H and O–H groups in total. The van der Waals surface area contributed by atoms with Crippen molar-refractivity contribution in [1.82, 2.24) is 9.80 Å². The van der Waals surface area contributed by atoms with Gasteiger partial charge in [-0.05, 0) is 43.8 Å². The van der Waals surface area contributed by atoms with Gasteiger partial charge in [-0.1, -0.05) is 56.3 Å². The molecule has 1 heterocycles. The number of aliphatic hydroxyl groups is 1. The summed E-state index contributed by atoms with van der Waals surface area (Å²) in [6, 6.07) is 15.6. The van der Waals surface area contributed by atoms with E-state index in [1.165, 1.54) is 7.11 Å². The van der Waals surface area contributed by atoms with Crippen molar-refractivity contribution >= 4 is 17.4 Å². The zero-order valence-corrected chi connectivity index (χ0v) is 18.4. The highest BCUT2D eigenvalue weighted by atomic mass is 16.5. The maximum absolute atomic E-state index is 13.0. The van der Waals surface area contributed by atoms with Crippen LogP contribution in [-0.2, 0) is 9.59 Å². The third kappa shape index (κ3) is 4.80. The number of ketones is 1. The molecule has 0 aliphatic carbocycles. The van der Waals surface area contributed by atoms with Crippen LogP contribution in [0.25, 0.3) is 5.76 Å². The summed E-state index contributed by atoms with van der Waals surface area (Å²) < 4.78 is 5.24. The van der Waals surface area contributed by atoms with Gasteiger partial charge in [0.15, 0.2) is 0 Å². The summed E-state index contributed by atoms with van der Waals surface area (Å²) in [5, 5.41) is 11.1. The van der Waals surface area contributed by atoms with E-state index in [1.54, 1.807) is 29.2 Å². The Morgan fingerprint density at radius 2 is 1.77 bits per heavy atom. The molecule has 1 amide bonds. The Hall–Kier alpha value is -3.12. The van der Waals surface area contributed by atoms with Gasteiger partial charge in [-0.3, -0.25) is 9.59 Å². The number of rotatable bonds is 9. The van der Waals surface area contributed by atoms with Gasteiger partial charge >= 0.3 is 0 Å². The number of methoxy groups -OCH3 is 1. The van der Waals surface area contributed by atoms with Gasteiger partial charge in [-0.25, -0.2) is 0 Å². The van der Waals surface area contributed by atoms with Crippen LogP contribution in [0.3, 0.4) is 0 Å². The largest absolute Gasteiger partial charge is 0.507 e. The molecule has 2 aromatic carbocycles. The zero-order valence-electron chi connectivity index (χ0n) is 18.4. The quantitative estimate of drug-likeness (QED) is 0.378. The van der Waals surface area contributed by atoms with Crippen molar-refractivity contribution in [2.24, 2.45) is 0 Å². The smallest absolute Gasteiger partial charge is 0.295 e. The van der Waals surface area contributed by atoms with Gasteiger partial charge in [-0.15, -0.1) is 0 Å². The SMILES string of the molecule is CCN(CC)CCCN1C(=O)C(=O)C(=C(O)c2cccc(OC)c2)[C@H]1c1ccccc1. The second kappa shape index (κ2) is 10.3. The number of likely N-dealkylation sites (tertiary alicyclic amines) is 1. The first kappa shape index (κ1) is 22.6. The number of hydrogen-bond donors (Lipinski definition) is 1. The molecule has 1 aliphatic rings. The van der Waals surface area contributed by atoms with Crippen LogP contribution in [-0.4, -0.2) is 59.9 Å². The van der Waals surface area contributed by atoms with Crippen LogP contribution in [0.5, 0.6) is 5.75 Å². The molecule has 1 saturated heterocycles. The van der Waals surface area contributed by atoms with Crippen LogP contribution in [0.2, 0.25) is 0 Å². The van der Waals surface area contributed by atoms with E-state index in [0.29, 0.717) is 17.9 Å². The number of amides is 1. The first-order valence-electron chi connectivity index (χ1n) is 10.7. The normalized spacial score (nSPS) is 18.1. The number of ether oxygens (including phenoxy) is 1. The Bertz CT molecular complexity index is 951. The molecule has 6 heteroatoms. The average Bonchev–Trinajstić information content (AvgIpc) is 3.07. The van der Waals surface area contributed by atoms with Crippen LogP contribution in [0.1, 0.15) is 37.4 Å². The Morgan fingerprint density at radius 1 is 1.06 bits per heavy atom. The molecule has 31 heavy (non-hydrogen) atoms. The predicted molar refractivity (Wildman–Crippen MR) is 121 cm³/mol. The summed E-state index contributed by atoms with van der Waals surface area (Å²) in [5.74, 6) is -0.846. The van der Waals surface area contributed by atoms with Crippen molar-refractivity contribution in [3.8, 4) is 5.75 Å². The Labute approximate surface area is 183 Å². The highest BCUT2D eigenvalue weighted by molar-refractivity contribution is 6.46. The fraction of sp³-hybridized carbons (Fsp3) is 0.360. The Balaban J connectivity index is 2.01. The van der Waals surface area contributed by atoms with Crippen LogP contribution >= 0.6 is 0 Å². The molecule has 0 unspecified atom stereocenters. The second-order valence-corrected chi connectivity index (χ2v) is 7.52. The standard InChI is InChI=1S/C25H30N2O4/c1-4-26(5-2)15-10-16-27-22(18-11-7-6-8-12-18)21(24(29)25(27)30)23(28)19-13-9-14-20(17-19)31-3/h6-9,11-14,17,22,28H,4-5,10,15-16H2,1-3H3/t22-/m1/s1. The Morgan fingerprint density at radius 3 is 2.42 bits per heavy atom. The van der Waals surface area contributed by atoms with Crippen molar-refractivity contribution in [1.29, 1.82) is 0 Å². The van der Waals surface area contributed by atoms with Crippen molar-refractivity contribution < 1.29 is 19.4 Å². The number of hydrogen-bond acceptors (Lipinski definition) is 5. The Kier molecular flexibility index (Phi) is 7.47. The van der Waals surface area contributed by atoms with Crippen molar-refractivity contribution in [2.75, 3.05) is 33.3 Å². The lowest BCUT2D eigenvalue weighted by Crippen LogP contribution is -2.33. The lowest BCUT2D eigenvalue weighted by atomic mass is 9.95. The molecule has 1 aliphatic heterocycles. The van der Waals surface area contributed by atoms with E-state index in [2.05, 4.69) is 18.7 Å². The molecule has 0 saturated carbocycles. The van der Waals surface area contributed by atoms with E-state index in [9.17, 15) is 14.7 Å². The molecule has 164 valence electrons. The lowest BCUT2D eigenvalue weighted by molar-refractivity contribution is -0.140. The van der Waals surface area contributed by atoms with Crippen LogP contribution in [0.15, 0.2) is 60.2 Å². The summed E-state index contributed by atoms with van der Waals surface area (Å²) in [4.78, 5) is 29.9. The number of aliphatic hydroxyl groups excluding tert-OH is 1. The third-order valence-electron chi connectivity index (χ3n) is 5.77. The second-order valence-electron chi connectivity index (χ2n) is 7.52. The number of benzene rings is 2. The molecule has 0 bridgehead atoms. The molecule has 6 nitrogen and oxygen atoms in total. The minimum Gasteiger partial charge on any atom is -0.507 e. The summed E-state index contributed by atoms with van der Waals surface area (Å²) in [7, 11) is 1.54. The maximum atomic E-state index is 13.0. The number of nitrogens with zero attached hydrogens (tertiary/aromatic N) is 2. The fourth-order valence-electron chi connectivity index (χ4n) is 4.02. The minimum absolute atomic E-state index is 0.118. The molecule has 1 fully saturated rings. The van der Waals surface area contributed by atoms with Gasteiger partial charge in [0.05, 0.1) is 18.7 Å². The molecule has 0 spiro atoms. The summed E-state index contributed by atoms with van der Waals surface area (Å²) in [5.41, 5.74) is 1.36. The van der Waals surface area contributed by atoms with E-state index in [-0.39, 0.29) is 11.3 Å². The summed E-state index contributed by atoms with van der Waals surface area (Å²) >= 11 is 0. The van der Waals surface area contributed by atoms with E-state index in [1.807, 2.05) is 30.3 Å². The number of carbonyl (C=O) groups is 2. The van der Waals surface area contributed by atoms with Crippen LogP contribution in [0, 0.1) is 0 Å². The molecule has 1 atom stereocenters. The predicted octanol–water partition coefficient (Wildman–Crippen LogP) is 3.85. The molecule has 0 aromatic heterocycles. The van der Waals surface area contributed by atoms with Crippen LogP contribution in [0.4, 0.5) is 0 Å². The molecule has 0 radical (unpaired) electrons. The molecular weight excluding hydrogens is 392 g/mol. The molecular formula is C25H30N2O4. The monoisotopic (exact) mass is 422 g/mol. The lowest BCUT2D eigenvalue weighted by Gasteiger charge is -2.26. The minimum atomic E-state index is -0.656. The maximum Gasteiger partial charge on any atom is 0.295 e. The van der Waals surface area contributed by atoms with Gasteiger partial charge in [0, 0.05) is 12.1 Å². The topological polar surface area (TPSA) is 70.1 Å². The summed E-state index contributed by atoms with van der Waals surface area (Å²) in [6.45, 7) is 7.37. The van der Waals surface area contributed by atoms with Gasteiger partial charge < -0.3 is 19.6 Å². The van der Waals surface area contributed by atoms with Crippen LogP contribution < -0.4 is 4.74 Å². The van der Waals surface area contributed by atoms with E-state index >= 15 is 0 Å². The van der Waals surface area contributed by atoms with Crippen molar-refractivity contribution in [3.05, 3.63) is 71.3 Å².